The van der Waals surface area contributed by atoms with Crippen LogP contribution in [0.4, 0.5) is 0 Å². The van der Waals surface area contributed by atoms with Gasteiger partial charge < -0.3 is 5.32 Å². The van der Waals surface area contributed by atoms with Crippen molar-refractivity contribution >= 4 is 5.91 Å². The lowest BCUT2D eigenvalue weighted by Crippen LogP contribution is -2.35. The fourth-order valence-corrected chi connectivity index (χ4v) is 1.82. The van der Waals surface area contributed by atoms with E-state index in [0.29, 0.717) is 0 Å². The Labute approximate surface area is 111 Å². The van der Waals surface area contributed by atoms with Crippen LogP contribution in [-0.4, -0.2) is 32.2 Å². The zero-order valence-corrected chi connectivity index (χ0v) is 10.9. The Morgan fingerprint density at radius 2 is 2.16 bits per heavy atom. The van der Waals surface area contributed by atoms with Gasteiger partial charge in [0.1, 0.15) is 12.9 Å². The van der Waals surface area contributed by atoms with Crippen molar-refractivity contribution in [1.82, 2.24) is 25.5 Å². The standard InChI is InChI=1S/C13H17N5O/c1-11(7-8-12-5-3-2-4-6-12)15-13(19)9-18-10-14-16-17-18/h2-6,10-11H,7-9H2,1H3,(H,15,19)/t11-/m0/s1. The summed E-state index contributed by atoms with van der Waals surface area (Å²) in [6.45, 7) is 2.16. The molecule has 0 radical (unpaired) electrons. The highest BCUT2D eigenvalue weighted by molar-refractivity contribution is 5.75. The largest absolute Gasteiger partial charge is 0.352 e. The maximum atomic E-state index is 11.7. The van der Waals surface area contributed by atoms with Gasteiger partial charge in [0, 0.05) is 6.04 Å². The van der Waals surface area contributed by atoms with Crippen LogP contribution >= 0.6 is 0 Å². The van der Waals surface area contributed by atoms with Crippen LogP contribution in [0, 0.1) is 0 Å². The number of aromatic nitrogens is 4. The maximum Gasteiger partial charge on any atom is 0.242 e. The Morgan fingerprint density at radius 1 is 1.37 bits per heavy atom. The van der Waals surface area contributed by atoms with Crippen molar-refractivity contribution < 1.29 is 4.79 Å². The molecule has 0 unspecified atom stereocenters. The van der Waals surface area contributed by atoms with Gasteiger partial charge in [0.2, 0.25) is 5.91 Å². The summed E-state index contributed by atoms with van der Waals surface area (Å²) >= 11 is 0. The van der Waals surface area contributed by atoms with E-state index < -0.39 is 0 Å². The Bertz CT molecular complexity index is 497. The molecular formula is C13H17N5O. The number of hydrogen-bond donors (Lipinski definition) is 1. The number of benzene rings is 1. The minimum Gasteiger partial charge on any atom is -0.352 e. The highest BCUT2D eigenvalue weighted by atomic mass is 16.2. The molecule has 2 aromatic rings. The molecule has 1 aromatic heterocycles. The molecule has 0 aliphatic carbocycles. The van der Waals surface area contributed by atoms with E-state index in [1.165, 1.54) is 16.6 Å². The first kappa shape index (κ1) is 13.2. The Kier molecular flexibility index (Phi) is 4.60. The number of carbonyl (C=O) groups is 1. The predicted octanol–water partition coefficient (Wildman–Crippen LogP) is 0.811. The first-order valence-electron chi connectivity index (χ1n) is 6.28. The van der Waals surface area contributed by atoms with Crippen LogP contribution < -0.4 is 5.32 Å². The third-order valence-electron chi connectivity index (χ3n) is 2.81. The van der Waals surface area contributed by atoms with E-state index >= 15 is 0 Å². The Balaban J connectivity index is 1.72. The molecule has 1 heterocycles. The summed E-state index contributed by atoms with van der Waals surface area (Å²) < 4.78 is 1.40. The monoisotopic (exact) mass is 259 g/mol. The number of carbonyl (C=O) groups excluding carboxylic acids is 1. The molecule has 1 amide bonds. The number of tetrazole rings is 1. The number of hydrogen-bond acceptors (Lipinski definition) is 4. The van der Waals surface area contributed by atoms with Gasteiger partial charge in [0.25, 0.3) is 0 Å². The maximum absolute atomic E-state index is 11.7. The molecule has 1 atom stereocenters. The van der Waals surface area contributed by atoms with Gasteiger partial charge in [-0.1, -0.05) is 30.3 Å². The summed E-state index contributed by atoms with van der Waals surface area (Å²) in [7, 11) is 0. The molecular weight excluding hydrogens is 242 g/mol. The molecule has 0 aliphatic rings. The first-order valence-corrected chi connectivity index (χ1v) is 6.28. The molecule has 0 fully saturated rings. The van der Waals surface area contributed by atoms with Gasteiger partial charge in [-0.3, -0.25) is 4.79 Å². The second-order valence-corrected chi connectivity index (χ2v) is 4.50. The lowest BCUT2D eigenvalue weighted by molar-refractivity contribution is -0.122. The van der Waals surface area contributed by atoms with Crippen LogP contribution in [0.25, 0.3) is 0 Å². The second kappa shape index (κ2) is 6.63. The lowest BCUT2D eigenvalue weighted by atomic mass is 10.1. The van der Waals surface area contributed by atoms with E-state index in [1.807, 2.05) is 25.1 Å². The van der Waals surface area contributed by atoms with Crippen molar-refractivity contribution in [3.05, 3.63) is 42.2 Å². The molecule has 6 heteroatoms. The van der Waals surface area contributed by atoms with Crippen LogP contribution in [-0.2, 0) is 17.8 Å². The normalized spacial score (nSPS) is 12.1. The van der Waals surface area contributed by atoms with Crippen LogP contribution in [0.15, 0.2) is 36.7 Å². The van der Waals surface area contributed by atoms with E-state index in [-0.39, 0.29) is 18.5 Å². The number of rotatable bonds is 6. The SMILES string of the molecule is C[C@@H](CCc1ccccc1)NC(=O)Cn1cnnn1. The van der Waals surface area contributed by atoms with Crippen LogP contribution in [0.1, 0.15) is 18.9 Å². The number of nitrogens with zero attached hydrogens (tertiary/aromatic N) is 4. The highest BCUT2D eigenvalue weighted by Gasteiger charge is 2.08. The predicted molar refractivity (Wildman–Crippen MR) is 70.2 cm³/mol. The summed E-state index contributed by atoms with van der Waals surface area (Å²) in [4.78, 5) is 11.7. The second-order valence-electron chi connectivity index (χ2n) is 4.50. The van der Waals surface area contributed by atoms with Gasteiger partial charge in [-0.05, 0) is 35.8 Å². The van der Waals surface area contributed by atoms with Crippen molar-refractivity contribution in [2.24, 2.45) is 0 Å². The van der Waals surface area contributed by atoms with Crippen LogP contribution in [0.2, 0.25) is 0 Å². The van der Waals surface area contributed by atoms with E-state index in [2.05, 4.69) is 33.0 Å². The van der Waals surface area contributed by atoms with Gasteiger partial charge in [-0.25, -0.2) is 4.68 Å². The number of nitrogens with one attached hydrogen (secondary N) is 1. The third-order valence-corrected chi connectivity index (χ3v) is 2.81. The fourth-order valence-electron chi connectivity index (χ4n) is 1.82. The van der Waals surface area contributed by atoms with E-state index in [0.717, 1.165) is 12.8 Å². The van der Waals surface area contributed by atoms with Gasteiger partial charge >= 0.3 is 0 Å². The van der Waals surface area contributed by atoms with Crippen LogP contribution in [0.5, 0.6) is 0 Å². The Hall–Kier alpha value is -2.24. The number of aryl methyl sites for hydroxylation is 1. The van der Waals surface area contributed by atoms with Crippen molar-refractivity contribution in [3.63, 3.8) is 0 Å². The first-order chi connectivity index (χ1) is 9.24. The van der Waals surface area contributed by atoms with Crippen LogP contribution in [0.3, 0.4) is 0 Å². The minimum atomic E-state index is -0.0761. The molecule has 0 aliphatic heterocycles. The quantitative estimate of drug-likeness (QED) is 0.833. The average molecular weight is 259 g/mol. The summed E-state index contributed by atoms with van der Waals surface area (Å²) in [5, 5.41) is 13.6. The Morgan fingerprint density at radius 3 is 2.84 bits per heavy atom. The fraction of sp³-hybridized carbons (Fsp3) is 0.385. The molecule has 0 saturated carbocycles. The van der Waals surface area contributed by atoms with Crippen molar-refractivity contribution in [3.8, 4) is 0 Å². The summed E-state index contributed by atoms with van der Waals surface area (Å²) in [5.74, 6) is -0.0761. The topological polar surface area (TPSA) is 72.7 Å². The summed E-state index contributed by atoms with van der Waals surface area (Å²) in [6.07, 6.45) is 3.28. The van der Waals surface area contributed by atoms with Gasteiger partial charge in [0.15, 0.2) is 0 Å². The molecule has 100 valence electrons. The molecule has 19 heavy (non-hydrogen) atoms. The number of amides is 1. The molecule has 0 saturated heterocycles. The van der Waals surface area contributed by atoms with Crippen molar-refractivity contribution in [2.45, 2.75) is 32.4 Å². The van der Waals surface area contributed by atoms with Crippen molar-refractivity contribution in [1.29, 1.82) is 0 Å². The van der Waals surface area contributed by atoms with Crippen molar-refractivity contribution in [2.75, 3.05) is 0 Å². The molecule has 6 nitrogen and oxygen atoms in total. The lowest BCUT2D eigenvalue weighted by Gasteiger charge is -2.13. The molecule has 1 N–H and O–H groups in total. The smallest absolute Gasteiger partial charge is 0.242 e. The average Bonchev–Trinajstić information content (AvgIpc) is 2.90. The third kappa shape index (κ3) is 4.50. The summed E-state index contributed by atoms with van der Waals surface area (Å²) in [5.41, 5.74) is 1.28. The minimum absolute atomic E-state index is 0.0761. The van der Waals surface area contributed by atoms with E-state index in [1.54, 1.807) is 0 Å². The van der Waals surface area contributed by atoms with Gasteiger partial charge in [0.05, 0.1) is 0 Å². The van der Waals surface area contributed by atoms with Gasteiger partial charge in [-0.15, -0.1) is 5.10 Å². The molecule has 1 aromatic carbocycles. The zero-order chi connectivity index (χ0) is 13.5. The molecule has 0 bridgehead atoms. The zero-order valence-electron chi connectivity index (χ0n) is 10.9. The van der Waals surface area contributed by atoms with Gasteiger partial charge in [-0.2, -0.15) is 0 Å². The molecule has 2 rings (SSSR count). The molecule has 0 spiro atoms. The van der Waals surface area contributed by atoms with E-state index in [4.69, 9.17) is 0 Å². The highest BCUT2D eigenvalue weighted by Crippen LogP contribution is 2.04. The summed E-state index contributed by atoms with van der Waals surface area (Å²) in [6, 6.07) is 10.4. The van der Waals surface area contributed by atoms with E-state index in [9.17, 15) is 4.79 Å².